The summed E-state index contributed by atoms with van der Waals surface area (Å²) in [7, 11) is 0. The minimum atomic E-state index is 0.968. The second kappa shape index (κ2) is 9.37. The molecule has 1 rings (SSSR count). The van der Waals surface area contributed by atoms with Gasteiger partial charge in [0, 0.05) is 0 Å². The summed E-state index contributed by atoms with van der Waals surface area (Å²) in [5, 5.41) is 0. The molecule has 0 spiro atoms. The fourth-order valence-corrected chi connectivity index (χ4v) is 1.04. The second-order valence-corrected chi connectivity index (χ2v) is 3.28. The Morgan fingerprint density at radius 1 is 1.08 bits per heavy atom. The molecular weight excluding hydrogens is 160 g/mol. The van der Waals surface area contributed by atoms with Crippen LogP contribution in [-0.4, -0.2) is 0 Å². The summed E-state index contributed by atoms with van der Waals surface area (Å²) in [4.78, 5) is 0. The molecular formula is C12H22O. The number of hydrogen-bond donors (Lipinski definition) is 0. The van der Waals surface area contributed by atoms with Crippen LogP contribution in [0.5, 0.6) is 0 Å². The first-order valence-electron chi connectivity index (χ1n) is 5.31. The van der Waals surface area contributed by atoms with E-state index < -0.39 is 0 Å². The maximum Gasteiger partial charge on any atom is 0.100 e. The summed E-state index contributed by atoms with van der Waals surface area (Å²) in [6.45, 7) is 6.41. The predicted molar refractivity (Wildman–Crippen MR) is 57.9 cm³/mol. The largest absolute Gasteiger partial charge is 0.470 e. The van der Waals surface area contributed by atoms with Gasteiger partial charge in [-0.15, -0.1) is 0 Å². The molecule has 0 aliphatic carbocycles. The lowest BCUT2D eigenvalue weighted by atomic mass is 10.2. The van der Waals surface area contributed by atoms with Gasteiger partial charge in [0.1, 0.15) is 5.76 Å². The van der Waals surface area contributed by atoms with E-state index in [9.17, 15) is 0 Å². The molecule has 0 saturated heterocycles. The van der Waals surface area contributed by atoms with Crippen molar-refractivity contribution in [3.63, 3.8) is 0 Å². The Morgan fingerprint density at radius 2 is 1.69 bits per heavy atom. The van der Waals surface area contributed by atoms with Crippen LogP contribution in [0.3, 0.4) is 0 Å². The summed E-state index contributed by atoms with van der Waals surface area (Å²) in [5.74, 6) is 0.968. The molecule has 13 heavy (non-hydrogen) atoms. The van der Waals surface area contributed by atoms with Crippen molar-refractivity contribution < 1.29 is 4.42 Å². The molecule has 0 aliphatic rings. The molecule has 0 N–H and O–H groups in total. The fraction of sp³-hybridized carbons (Fsp3) is 0.667. The number of unbranched alkanes of at least 4 members (excludes halogenated alkanes) is 4. The SMILES string of the molecule is CCCCCCC.Cc1ccco1. The average Bonchev–Trinajstić information content (AvgIpc) is 2.58. The normalized spacial score (nSPS) is 9.15. The second-order valence-electron chi connectivity index (χ2n) is 3.28. The smallest absolute Gasteiger partial charge is 0.100 e. The first kappa shape index (κ1) is 12.3. The standard InChI is InChI=1S/C7H16.C5H6O/c1-3-5-7-6-4-2;1-5-3-2-4-6-5/h3-7H2,1-2H3;2-4H,1H3. The van der Waals surface area contributed by atoms with E-state index in [1.807, 2.05) is 19.1 Å². The summed E-state index contributed by atoms with van der Waals surface area (Å²) >= 11 is 0. The molecule has 0 aromatic carbocycles. The van der Waals surface area contributed by atoms with E-state index in [4.69, 9.17) is 4.42 Å². The van der Waals surface area contributed by atoms with Gasteiger partial charge in [-0.3, -0.25) is 0 Å². The zero-order valence-corrected chi connectivity index (χ0v) is 9.18. The van der Waals surface area contributed by atoms with Gasteiger partial charge in [0.25, 0.3) is 0 Å². The molecule has 0 aliphatic heterocycles. The molecule has 1 aromatic heterocycles. The lowest BCUT2D eigenvalue weighted by molar-refractivity contribution is 0.534. The van der Waals surface area contributed by atoms with Gasteiger partial charge in [-0.1, -0.05) is 46.0 Å². The van der Waals surface area contributed by atoms with E-state index in [2.05, 4.69) is 13.8 Å². The quantitative estimate of drug-likeness (QED) is 0.622. The van der Waals surface area contributed by atoms with E-state index >= 15 is 0 Å². The van der Waals surface area contributed by atoms with Gasteiger partial charge in [0.15, 0.2) is 0 Å². The van der Waals surface area contributed by atoms with Gasteiger partial charge < -0.3 is 4.42 Å². The Morgan fingerprint density at radius 3 is 1.92 bits per heavy atom. The van der Waals surface area contributed by atoms with E-state index in [0.717, 1.165) is 5.76 Å². The van der Waals surface area contributed by atoms with Crippen molar-refractivity contribution in [1.82, 2.24) is 0 Å². The molecule has 1 nitrogen and oxygen atoms in total. The maximum absolute atomic E-state index is 4.83. The third kappa shape index (κ3) is 9.19. The monoisotopic (exact) mass is 182 g/mol. The number of furan rings is 1. The number of hydrogen-bond acceptors (Lipinski definition) is 1. The molecule has 1 aromatic rings. The van der Waals surface area contributed by atoms with E-state index in [1.165, 1.54) is 32.1 Å². The van der Waals surface area contributed by atoms with Crippen molar-refractivity contribution in [2.24, 2.45) is 0 Å². The van der Waals surface area contributed by atoms with Gasteiger partial charge >= 0.3 is 0 Å². The Bertz CT molecular complexity index is 161. The first-order chi connectivity index (χ1) is 6.31. The number of rotatable bonds is 4. The summed E-state index contributed by atoms with van der Waals surface area (Å²) in [6.07, 6.45) is 8.67. The predicted octanol–water partition coefficient (Wildman–Crippen LogP) is 4.56. The Labute approximate surface area is 82.2 Å². The zero-order valence-electron chi connectivity index (χ0n) is 9.18. The topological polar surface area (TPSA) is 13.1 Å². The van der Waals surface area contributed by atoms with Crippen LogP contribution in [0.1, 0.15) is 51.7 Å². The molecule has 0 bridgehead atoms. The van der Waals surface area contributed by atoms with Gasteiger partial charge in [0.05, 0.1) is 6.26 Å². The molecule has 0 unspecified atom stereocenters. The van der Waals surface area contributed by atoms with Crippen LogP contribution < -0.4 is 0 Å². The average molecular weight is 182 g/mol. The van der Waals surface area contributed by atoms with Crippen LogP contribution in [0.15, 0.2) is 22.8 Å². The first-order valence-corrected chi connectivity index (χ1v) is 5.31. The molecule has 1 heteroatoms. The van der Waals surface area contributed by atoms with Crippen LogP contribution in [0.4, 0.5) is 0 Å². The molecule has 76 valence electrons. The van der Waals surface area contributed by atoms with Crippen molar-refractivity contribution in [3.8, 4) is 0 Å². The Hall–Kier alpha value is -0.720. The minimum absolute atomic E-state index is 0.968. The van der Waals surface area contributed by atoms with Gasteiger partial charge in [-0.2, -0.15) is 0 Å². The van der Waals surface area contributed by atoms with Crippen LogP contribution in [0.2, 0.25) is 0 Å². The van der Waals surface area contributed by atoms with E-state index in [1.54, 1.807) is 6.26 Å². The third-order valence-electron chi connectivity index (χ3n) is 1.87. The Kier molecular flexibility index (Phi) is 8.85. The lowest BCUT2D eigenvalue weighted by Gasteiger charge is -1.90. The van der Waals surface area contributed by atoms with Crippen molar-refractivity contribution in [2.45, 2.75) is 52.9 Å². The molecule has 0 amide bonds. The highest BCUT2D eigenvalue weighted by Gasteiger charge is 1.80. The maximum atomic E-state index is 4.83. The lowest BCUT2D eigenvalue weighted by Crippen LogP contribution is -1.70. The van der Waals surface area contributed by atoms with Gasteiger partial charge in [0.2, 0.25) is 0 Å². The van der Waals surface area contributed by atoms with Crippen molar-refractivity contribution >= 4 is 0 Å². The highest BCUT2D eigenvalue weighted by Crippen LogP contribution is 2.00. The van der Waals surface area contributed by atoms with Gasteiger partial charge in [-0.05, 0) is 19.1 Å². The highest BCUT2D eigenvalue weighted by molar-refractivity contribution is 4.93. The summed E-state index contributed by atoms with van der Waals surface area (Å²) < 4.78 is 4.83. The van der Waals surface area contributed by atoms with E-state index in [0.29, 0.717) is 0 Å². The minimum Gasteiger partial charge on any atom is -0.470 e. The molecule has 0 fully saturated rings. The van der Waals surface area contributed by atoms with E-state index in [-0.39, 0.29) is 0 Å². The molecule has 0 atom stereocenters. The summed E-state index contributed by atoms with van der Waals surface area (Å²) in [5.41, 5.74) is 0. The fourth-order valence-electron chi connectivity index (χ4n) is 1.04. The van der Waals surface area contributed by atoms with Crippen molar-refractivity contribution in [3.05, 3.63) is 24.2 Å². The zero-order chi connectivity index (χ0) is 9.94. The van der Waals surface area contributed by atoms with Crippen LogP contribution in [0, 0.1) is 6.92 Å². The molecule has 0 saturated carbocycles. The van der Waals surface area contributed by atoms with Gasteiger partial charge in [-0.25, -0.2) is 0 Å². The molecule has 1 heterocycles. The van der Waals surface area contributed by atoms with Crippen molar-refractivity contribution in [1.29, 1.82) is 0 Å². The van der Waals surface area contributed by atoms with Crippen LogP contribution in [-0.2, 0) is 0 Å². The third-order valence-corrected chi connectivity index (χ3v) is 1.87. The van der Waals surface area contributed by atoms with Crippen molar-refractivity contribution in [2.75, 3.05) is 0 Å². The highest BCUT2D eigenvalue weighted by atomic mass is 16.3. The Balaban J connectivity index is 0.000000223. The molecule has 0 radical (unpaired) electrons. The van der Waals surface area contributed by atoms with Crippen LogP contribution in [0.25, 0.3) is 0 Å². The van der Waals surface area contributed by atoms with Crippen LogP contribution >= 0.6 is 0 Å². The number of aryl methyl sites for hydroxylation is 1. The summed E-state index contributed by atoms with van der Waals surface area (Å²) in [6, 6.07) is 3.79.